The Kier molecular flexibility index (Phi) is 13.0. The third kappa shape index (κ3) is 17.1. The number of oxime groups is 1. The summed E-state index contributed by atoms with van der Waals surface area (Å²) in [5.74, 6) is -0.394. The Morgan fingerprint density at radius 1 is 0.600 bits per heavy atom. The van der Waals surface area contributed by atoms with Gasteiger partial charge in [-0.2, -0.15) is 0 Å². The number of nitrogens with zero attached hydrogens (tertiary/aromatic N) is 1. The van der Waals surface area contributed by atoms with Crippen molar-refractivity contribution in [2.24, 2.45) is 5.16 Å². The van der Waals surface area contributed by atoms with E-state index in [4.69, 9.17) is 27.0 Å². The van der Waals surface area contributed by atoms with Gasteiger partial charge in [-0.25, -0.2) is 0 Å². The summed E-state index contributed by atoms with van der Waals surface area (Å²) in [4.78, 5) is 18.7. The van der Waals surface area contributed by atoms with Gasteiger partial charge in [0.15, 0.2) is 39.4 Å². The van der Waals surface area contributed by atoms with E-state index in [2.05, 4.69) is 83.7 Å². The minimum absolute atomic E-state index is 0.394. The maximum Gasteiger partial charge on any atom is 0.323 e. The Balaban J connectivity index is 6.99. The first kappa shape index (κ1) is 34.9. The van der Waals surface area contributed by atoms with Crippen LogP contribution in [0, 0.1) is 0 Å². The molecule has 35 heavy (non-hydrogen) atoms. The van der Waals surface area contributed by atoms with E-state index >= 15 is 0 Å². The molecule has 0 aromatic rings. The lowest BCUT2D eigenvalue weighted by molar-refractivity contribution is -0.153. The lowest BCUT2D eigenvalue weighted by Crippen LogP contribution is -2.61. The molecule has 208 valence electrons. The van der Waals surface area contributed by atoms with Crippen LogP contribution in [0.1, 0.15) is 0 Å². The molecular formula is C22H53NO7Si5. The van der Waals surface area contributed by atoms with Crippen molar-refractivity contribution in [3.05, 3.63) is 0 Å². The average Bonchev–Trinajstić information content (AvgIpc) is 2.54. The molecule has 0 unspecified atom stereocenters. The summed E-state index contributed by atoms with van der Waals surface area (Å²) in [6.45, 7) is 31.1. The van der Waals surface area contributed by atoms with Gasteiger partial charge >= 0.3 is 5.97 Å². The summed E-state index contributed by atoms with van der Waals surface area (Å²) in [7, 11) is -9.27. The molecule has 0 aliphatic carbocycles. The van der Waals surface area contributed by atoms with Crippen molar-refractivity contribution >= 4 is 53.8 Å². The highest BCUT2D eigenvalue weighted by atomic mass is 28.4. The van der Waals surface area contributed by atoms with Gasteiger partial charge in [0.25, 0.3) is 0 Å². The van der Waals surface area contributed by atoms with Gasteiger partial charge < -0.3 is 27.0 Å². The zero-order chi connectivity index (χ0) is 28.0. The Morgan fingerprint density at radius 3 is 1.34 bits per heavy atom. The van der Waals surface area contributed by atoms with Crippen molar-refractivity contribution in [3.8, 4) is 0 Å². The zero-order valence-corrected chi connectivity index (χ0v) is 30.2. The topological polar surface area (TPSA) is 84.8 Å². The molecule has 4 atom stereocenters. The SMILES string of the molecule is CON=C[C@@H](O[Si](C)(C)C)[C@@H](O[Si](C)(C)C)[C@H](O[Si](C)(C)C)[C@@H](O[Si](C)(C)C)C(=O)O[Si](C)(C)C. The van der Waals surface area contributed by atoms with E-state index in [1.807, 2.05) is 19.6 Å². The highest BCUT2D eigenvalue weighted by Gasteiger charge is 2.48. The van der Waals surface area contributed by atoms with Crippen molar-refractivity contribution in [2.45, 2.75) is 123 Å². The first-order valence-corrected chi connectivity index (χ1v) is 29.4. The van der Waals surface area contributed by atoms with Crippen molar-refractivity contribution in [2.75, 3.05) is 7.11 Å². The van der Waals surface area contributed by atoms with Crippen molar-refractivity contribution in [3.63, 3.8) is 0 Å². The van der Waals surface area contributed by atoms with Crippen LogP contribution in [0.25, 0.3) is 0 Å². The van der Waals surface area contributed by atoms with Crippen LogP contribution >= 0.6 is 0 Å². The smallest absolute Gasteiger partial charge is 0.323 e. The Bertz CT molecular complexity index is 689. The molecule has 0 amide bonds. The number of hydrogen-bond acceptors (Lipinski definition) is 8. The van der Waals surface area contributed by atoms with E-state index < -0.39 is 72.0 Å². The number of hydrogen-bond donors (Lipinski definition) is 0. The Labute approximate surface area is 220 Å². The minimum atomic E-state index is -2.19. The van der Waals surface area contributed by atoms with E-state index in [-0.39, 0.29) is 0 Å². The maximum absolute atomic E-state index is 13.7. The molecule has 8 nitrogen and oxygen atoms in total. The van der Waals surface area contributed by atoms with Gasteiger partial charge in [-0.3, -0.25) is 4.79 Å². The van der Waals surface area contributed by atoms with Crippen LogP contribution in [-0.4, -0.2) is 85.3 Å². The first-order chi connectivity index (χ1) is 15.3. The van der Waals surface area contributed by atoms with Gasteiger partial charge in [0.05, 0.1) is 6.21 Å². The van der Waals surface area contributed by atoms with E-state index in [0.29, 0.717) is 0 Å². The normalized spacial score (nSPS) is 17.7. The fourth-order valence-corrected chi connectivity index (χ4v) is 8.02. The Morgan fingerprint density at radius 2 is 1.00 bits per heavy atom. The molecule has 0 bridgehead atoms. The van der Waals surface area contributed by atoms with Crippen LogP contribution in [0.3, 0.4) is 0 Å². The van der Waals surface area contributed by atoms with Gasteiger partial charge in [0, 0.05) is 0 Å². The molecule has 0 radical (unpaired) electrons. The second-order valence-electron chi connectivity index (χ2n) is 13.7. The molecule has 0 rings (SSSR count). The predicted molar refractivity (Wildman–Crippen MR) is 158 cm³/mol. The van der Waals surface area contributed by atoms with E-state index in [0.717, 1.165) is 0 Å². The van der Waals surface area contributed by atoms with Crippen LogP contribution in [0.5, 0.6) is 0 Å². The summed E-state index contributed by atoms with van der Waals surface area (Å²) in [5.41, 5.74) is 0. The molecule has 0 N–H and O–H groups in total. The van der Waals surface area contributed by atoms with Crippen molar-refractivity contribution in [1.29, 1.82) is 0 Å². The molecule has 0 saturated carbocycles. The molecule has 0 aromatic heterocycles. The third-order valence-electron chi connectivity index (χ3n) is 3.85. The van der Waals surface area contributed by atoms with Gasteiger partial charge in [-0.05, 0) is 98.2 Å². The summed E-state index contributed by atoms with van der Waals surface area (Å²) >= 11 is 0. The van der Waals surface area contributed by atoms with Crippen LogP contribution in [-0.2, 0) is 31.8 Å². The fraction of sp³-hybridized carbons (Fsp3) is 0.909. The van der Waals surface area contributed by atoms with Crippen LogP contribution < -0.4 is 0 Å². The maximum atomic E-state index is 13.7. The summed E-state index contributed by atoms with van der Waals surface area (Å²) in [6.07, 6.45) is -1.26. The Hall–Kier alpha value is -0.136. The summed E-state index contributed by atoms with van der Waals surface area (Å²) < 4.78 is 32.6. The lowest BCUT2D eigenvalue weighted by atomic mass is 10.0. The summed E-state index contributed by atoms with van der Waals surface area (Å²) in [5, 5.41) is 4.05. The molecule has 0 aromatic carbocycles. The van der Waals surface area contributed by atoms with E-state index in [1.165, 1.54) is 7.11 Å². The molecule has 0 aliphatic rings. The zero-order valence-electron chi connectivity index (χ0n) is 25.2. The number of carbonyl (C=O) groups is 1. The molecule has 0 aliphatic heterocycles. The van der Waals surface area contributed by atoms with Crippen LogP contribution in [0.4, 0.5) is 0 Å². The van der Waals surface area contributed by atoms with Gasteiger partial charge in [-0.1, -0.05) is 5.16 Å². The second-order valence-corrected chi connectivity index (χ2v) is 36.0. The van der Waals surface area contributed by atoms with Crippen molar-refractivity contribution < 1.29 is 31.8 Å². The van der Waals surface area contributed by atoms with Crippen LogP contribution in [0.15, 0.2) is 5.16 Å². The number of carbonyl (C=O) groups excluding carboxylic acids is 1. The third-order valence-corrected chi connectivity index (χ3v) is 8.56. The summed E-state index contributed by atoms with van der Waals surface area (Å²) in [6, 6.07) is 0. The molecule has 0 heterocycles. The predicted octanol–water partition coefficient (Wildman–Crippen LogP) is 5.88. The molecule has 0 spiro atoms. The van der Waals surface area contributed by atoms with E-state index in [9.17, 15) is 4.79 Å². The highest BCUT2D eigenvalue weighted by Crippen LogP contribution is 2.28. The minimum Gasteiger partial charge on any atom is -0.518 e. The molecule has 0 saturated heterocycles. The standard InChI is InChI=1S/C22H53NO7Si5/c1-25-23-17-18(26-31(2,3)4)19(27-32(5,6)7)20(28-33(8,9)10)21(29-34(11,12)13)22(24)30-35(14,15)16/h17-21H,1-16H3/t18-,19-,20+,21-/m1/s1. The lowest BCUT2D eigenvalue weighted by Gasteiger charge is -2.44. The average molecular weight is 584 g/mol. The first-order valence-electron chi connectivity index (χ1n) is 12.3. The van der Waals surface area contributed by atoms with Gasteiger partial charge in [0.1, 0.15) is 25.4 Å². The fourth-order valence-electron chi connectivity index (χ4n) is 3.14. The molecular weight excluding hydrogens is 531 g/mol. The number of rotatable bonds is 15. The highest BCUT2D eigenvalue weighted by molar-refractivity contribution is 6.72. The molecule has 13 heteroatoms. The van der Waals surface area contributed by atoms with Gasteiger partial charge in [-0.15, -0.1) is 0 Å². The van der Waals surface area contributed by atoms with E-state index in [1.54, 1.807) is 6.21 Å². The molecule has 0 fully saturated rings. The van der Waals surface area contributed by atoms with Crippen LogP contribution in [0.2, 0.25) is 98.2 Å². The largest absolute Gasteiger partial charge is 0.518 e. The second kappa shape index (κ2) is 13.1. The monoisotopic (exact) mass is 583 g/mol. The quantitative estimate of drug-likeness (QED) is 0.135. The van der Waals surface area contributed by atoms with Gasteiger partial charge in [0.2, 0.25) is 8.32 Å². The van der Waals surface area contributed by atoms with Crippen molar-refractivity contribution in [1.82, 2.24) is 0 Å².